The molecule has 2 N–H and O–H groups in total. The molecule has 24 heavy (non-hydrogen) atoms. The summed E-state index contributed by atoms with van der Waals surface area (Å²) in [5.41, 5.74) is -0.624. The van der Waals surface area contributed by atoms with Gasteiger partial charge in [0.2, 0.25) is 0 Å². The van der Waals surface area contributed by atoms with Crippen LogP contribution in [-0.4, -0.2) is 41.0 Å². The molecule has 140 valence electrons. The number of ether oxygens (including phenoxy) is 2. The molecule has 6 nitrogen and oxygen atoms in total. The Morgan fingerprint density at radius 3 is 2.62 bits per heavy atom. The smallest absolute Gasteiger partial charge is 0.408 e. The SMILES string of the molecule is CCCC[C@H]1[C@H](C)OC(=O)[C@@H](NC(=O)OC(C)(C)C)CCC[C@@H]1O. The third kappa shape index (κ3) is 7.07. The van der Waals surface area contributed by atoms with Crippen LogP contribution in [0.3, 0.4) is 0 Å². The number of rotatable bonds is 4. The lowest BCUT2D eigenvalue weighted by Crippen LogP contribution is -2.45. The van der Waals surface area contributed by atoms with Crippen molar-refractivity contribution in [2.75, 3.05) is 0 Å². The van der Waals surface area contributed by atoms with E-state index in [2.05, 4.69) is 12.2 Å². The number of aliphatic hydroxyl groups excluding tert-OH is 1. The monoisotopic (exact) mass is 343 g/mol. The van der Waals surface area contributed by atoms with Gasteiger partial charge >= 0.3 is 12.1 Å². The number of hydrogen-bond acceptors (Lipinski definition) is 5. The zero-order chi connectivity index (χ0) is 18.3. The van der Waals surface area contributed by atoms with E-state index in [1.165, 1.54) is 0 Å². The standard InChI is InChI=1S/C18H33NO5/c1-6-7-9-13-12(2)23-16(21)14(10-8-11-15(13)20)19-17(22)24-18(3,4)5/h12-15,20H,6-11H2,1-5H3,(H,19,22)/t12-,13-,14-,15-/m0/s1. The van der Waals surface area contributed by atoms with Crippen molar-refractivity contribution in [1.82, 2.24) is 5.32 Å². The predicted molar refractivity (Wildman–Crippen MR) is 91.6 cm³/mol. The second-order valence-corrected chi connectivity index (χ2v) is 7.65. The maximum Gasteiger partial charge on any atom is 0.408 e. The molecule has 1 heterocycles. The molecule has 6 heteroatoms. The molecule has 0 aromatic rings. The third-order valence-electron chi connectivity index (χ3n) is 4.26. The second kappa shape index (κ2) is 9.25. The first-order valence-electron chi connectivity index (χ1n) is 9.02. The van der Waals surface area contributed by atoms with Crippen LogP contribution in [0.5, 0.6) is 0 Å². The topological polar surface area (TPSA) is 84.9 Å². The van der Waals surface area contributed by atoms with Crippen LogP contribution in [0.1, 0.15) is 73.1 Å². The number of carbonyl (C=O) groups is 2. The summed E-state index contributed by atoms with van der Waals surface area (Å²) in [5.74, 6) is -0.516. The first-order valence-corrected chi connectivity index (χ1v) is 9.02. The van der Waals surface area contributed by atoms with Crippen molar-refractivity contribution in [2.45, 2.75) is 97.0 Å². The maximum absolute atomic E-state index is 12.4. The molecule has 1 saturated heterocycles. The molecule has 0 bridgehead atoms. The largest absolute Gasteiger partial charge is 0.461 e. The Morgan fingerprint density at radius 1 is 1.38 bits per heavy atom. The van der Waals surface area contributed by atoms with Crippen LogP contribution in [-0.2, 0) is 14.3 Å². The number of hydrogen-bond donors (Lipinski definition) is 2. The van der Waals surface area contributed by atoms with Crippen molar-refractivity contribution in [1.29, 1.82) is 0 Å². The zero-order valence-corrected chi connectivity index (χ0v) is 15.6. The first kappa shape index (κ1) is 20.7. The molecule has 1 fully saturated rings. The van der Waals surface area contributed by atoms with E-state index in [1.807, 2.05) is 6.92 Å². The van der Waals surface area contributed by atoms with Gasteiger partial charge in [-0.05, 0) is 53.4 Å². The number of nitrogens with one attached hydrogen (secondary N) is 1. The highest BCUT2D eigenvalue weighted by Gasteiger charge is 2.33. The fourth-order valence-electron chi connectivity index (χ4n) is 2.98. The normalized spacial score (nSPS) is 29.0. The van der Waals surface area contributed by atoms with Crippen LogP contribution in [0.2, 0.25) is 0 Å². The molecule has 0 radical (unpaired) electrons. The van der Waals surface area contributed by atoms with Crippen LogP contribution in [0.25, 0.3) is 0 Å². The van der Waals surface area contributed by atoms with Crippen molar-refractivity contribution in [3.63, 3.8) is 0 Å². The van der Waals surface area contributed by atoms with Crippen LogP contribution in [0, 0.1) is 5.92 Å². The number of esters is 1. The van der Waals surface area contributed by atoms with Crippen molar-refractivity contribution in [3.05, 3.63) is 0 Å². The molecular formula is C18H33NO5. The van der Waals surface area contributed by atoms with Gasteiger partial charge in [-0.1, -0.05) is 19.8 Å². The van der Waals surface area contributed by atoms with Gasteiger partial charge in [0, 0.05) is 5.92 Å². The Morgan fingerprint density at radius 2 is 2.04 bits per heavy atom. The zero-order valence-electron chi connectivity index (χ0n) is 15.6. The van der Waals surface area contributed by atoms with Gasteiger partial charge in [0.1, 0.15) is 17.7 Å². The van der Waals surface area contributed by atoms with Gasteiger partial charge in [-0.2, -0.15) is 0 Å². The lowest BCUT2D eigenvalue weighted by molar-refractivity contribution is -0.155. The average Bonchev–Trinajstić information content (AvgIpc) is 2.47. The summed E-state index contributed by atoms with van der Waals surface area (Å²) in [7, 11) is 0. The summed E-state index contributed by atoms with van der Waals surface area (Å²) in [6.45, 7) is 9.22. The van der Waals surface area contributed by atoms with Crippen molar-refractivity contribution in [2.24, 2.45) is 5.92 Å². The highest BCUT2D eigenvalue weighted by Crippen LogP contribution is 2.26. The molecule has 0 saturated carbocycles. The predicted octanol–water partition coefficient (Wildman–Crippen LogP) is 3.16. The Hall–Kier alpha value is -1.30. The molecule has 0 aliphatic carbocycles. The maximum atomic E-state index is 12.4. The van der Waals surface area contributed by atoms with E-state index in [4.69, 9.17) is 9.47 Å². The number of carbonyl (C=O) groups excluding carboxylic acids is 2. The fraction of sp³-hybridized carbons (Fsp3) is 0.889. The third-order valence-corrected chi connectivity index (χ3v) is 4.26. The molecule has 0 aromatic carbocycles. The van der Waals surface area contributed by atoms with Gasteiger partial charge in [0.25, 0.3) is 0 Å². The Balaban J connectivity index is 2.72. The van der Waals surface area contributed by atoms with Crippen molar-refractivity contribution < 1.29 is 24.2 Å². The molecule has 1 amide bonds. The average molecular weight is 343 g/mol. The summed E-state index contributed by atoms with van der Waals surface area (Å²) in [6, 6.07) is -0.737. The van der Waals surface area contributed by atoms with E-state index in [0.717, 1.165) is 19.3 Å². The number of alkyl carbamates (subject to hydrolysis) is 1. The lowest BCUT2D eigenvalue weighted by Gasteiger charge is -2.28. The molecule has 1 rings (SSSR count). The lowest BCUT2D eigenvalue weighted by atomic mass is 9.88. The summed E-state index contributed by atoms with van der Waals surface area (Å²) in [6.07, 6.45) is 3.04. The number of unbranched alkanes of at least 4 members (excludes halogenated alkanes) is 1. The Labute approximate surface area is 145 Å². The number of amides is 1. The van der Waals surface area contributed by atoms with Crippen LogP contribution in [0.15, 0.2) is 0 Å². The van der Waals surface area contributed by atoms with E-state index in [0.29, 0.717) is 19.3 Å². The van der Waals surface area contributed by atoms with Crippen molar-refractivity contribution in [3.8, 4) is 0 Å². The van der Waals surface area contributed by atoms with E-state index in [-0.39, 0.29) is 12.0 Å². The highest BCUT2D eigenvalue weighted by atomic mass is 16.6. The van der Waals surface area contributed by atoms with Gasteiger partial charge in [-0.15, -0.1) is 0 Å². The van der Waals surface area contributed by atoms with E-state index in [1.54, 1.807) is 20.8 Å². The number of aliphatic hydroxyl groups is 1. The molecule has 0 unspecified atom stereocenters. The van der Waals surface area contributed by atoms with E-state index < -0.39 is 29.8 Å². The second-order valence-electron chi connectivity index (χ2n) is 7.65. The quantitative estimate of drug-likeness (QED) is 0.766. The minimum absolute atomic E-state index is 0.0609. The molecule has 4 atom stereocenters. The van der Waals surface area contributed by atoms with E-state index in [9.17, 15) is 14.7 Å². The van der Waals surface area contributed by atoms with Gasteiger partial charge in [-0.25, -0.2) is 9.59 Å². The molecular weight excluding hydrogens is 310 g/mol. The fourth-order valence-corrected chi connectivity index (χ4v) is 2.98. The molecule has 1 aliphatic rings. The van der Waals surface area contributed by atoms with Gasteiger partial charge in [0.05, 0.1) is 6.10 Å². The molecule has 0 aromatic heterocycles. The van der Waals surface area contributed by atoms with Gasteiger partial charge in [-0.3, -0.25) is 0 Å². The Kier molecular flexibility index (Phi) is 8.00. The van der Waals surface area contributed by atoms with Gasteiger partial charge in [0.15, 0.2) is 0 Å². The summed E-state index contributed by atoms with van der Waals surface area (Å²) in [5, 5.41) is 13.0. The molecule has 0 spiro atoms. The van der Waals surface area contributed by atoms with Crippen LogP contribution < -0.4 is 5.32 Å². The van der Waals surface area contributed by atoms with Gasteiger partial charge < -0.3 is 19.9 Å². The van der Waals surface area contributed by atoms with E-state index >= 15 is 0 Å². The first-order chi connectivity index (χ1) is 11.1. The summed E-state index contributed by atoms with van der Waals surface area (Å²) in [4.78, 5) is 24.3. The molecule has 1 aliphatic heterocycles. The minimum Gasteiger partial charge on any atom is -0.461 e. The minimum atomic E-state index is -0.737. The summed E-state index contributed by atoms with van der Waals surface area (Å²) < 4.78 is 10.7. The van der Waals surface area contributed by atoms with Crippen LogP contribution >= 0.6 is 0 Å². The number of cyclic esters (lactones) is 1. The highest BCUT2D eigenvalue weighted by molar-refractivity contribution is 5.81. The summed E-state index contributed by atoms with van der Waals surface area (Å²) >= 11 is 0. The van der Waals surface area contributed by atoms with Crippen LogP contribution in [0.4, 0.5) is 4.79 Å². The Bertz CT molecular complexity index is 418. The van der Waals surface area contributed by atoms with Crippen molar-refractivity contribution >= 4 is 12.1 Å².